The molecule has 2 amide bonds. The molecule has 0 spiro atoms. The first-order valence-corrected chi connectivity index (χ1v) is 8.26. The Kier molecular flexibility index (Phi) is 4.51. The fourth-order valence-corrected chi connectivity index (χ4v) is 3.27. The highest BCUT2D eigenvalue weighted by Gasteiger charge is 2.37. The van der Waals surface area contributed by atoms with Crippen LogP contribution < -0.4 is 10.2 Å². The number of nitrogens with one attached hydrogen (secondary N) is 1. The molecular weight excluding hydrogens is 355 g/mol. The molecule has 1 aromatic carbocycles. The van der Waals surface area contributed by atoms with E-state index >= 15 is 0 Å². The minimum atomic E-state index is -4.49. The summed E-state index contributed by atoms with van der Waals surface area (Å²) in [7, 11) is 0. The Labute approximate surface area is 145 Å². The second-order valence-electron chi connectivity index (χ2n) is 5.72. The number of anilines is 2. The number of thiazole rings is 1. The molecule has 1 fully saturated rings. The Hall–Kier alpha value is -2.42. The third kappa shape index (κ3) is 3.81. The summed E-state index contributed by atoms with van der Waals surface area (Å²) >= 11 is 1.31. The molecule has 1 atom stereocenters. The summed E-state index contributed by atoms with van der Waals surface area (Å²) in [6, 6.07) is 4.54. The van der Waals surface area contributed by atoms with Crippen LogP contribution in [0.25, 0.3) is 0 Å². The van der Waals surface area contributed by atoms with Crippen LogP contribution in [0.5, 0.6) is 0 Å². The first-order valence-electron chi connectivity index (χ1n) is 7.45. The minimum Gasteiger partial charge on any atom is -0.312 e. The van der Waals surface area contributed by atoms with E-state index in [9.17, 15) is 22.8 Å². The predicted octanol–water partition coefficient (Wildman–Crippen LogP) is 3.46. The van der Waals surface area contributed by atoms with Crippen molar-refractivity contribution in [3.05, 3.63) is 40.9 Å². The van der Waals surface area contributed by atoms with Gasteiger partial charge in [0.25, 0.3) is 0 Å². The molecule has 3 rings (SSSR count). The van der Waals surface area contributed by atoms with Gasteiger partial charge in [0, 0.05) is 29.7 Å². The van der Waals surface area contributed by atoms with Gasteiger partial charge in [-0.1, -0.05) is 6.07 Å². The van der Waals surface area contributed by atoms with Crippen molar-refractivity contribution in [2.24, 2.45) is 5.92 Å². The molecule has 1 N–H and O–H groups in total. The zero-order valence-electron chi connectivity index (χ0n) is 13.1. The Morgan fingerprint density at radius 3 is 2.80 bits per heavy atom. The number of alkyl halides is 3. The van der Waals surface area contributed by atoms with Crippen LogP contribution in [-0.2, 0) is 15.8 Å². The quantitative estimate of drug-likeness (QED) is 0.901. The van der Waals surface area contributed by atoms with Crippen molar-refractivity contribution in [2.45, 2.75) is 19.5 Å². The molecule has 5 nitrogen and oxygen atoms in total. The van der Waals surface area contributed by atoms with Crippen LogP contribution in [0.15, 0.2) is 30.5 Å². The lowest BCUT2D eigenvalue weighted by Crippen LogP contribution is -2.28. The molecule has 2 heterocycles. The van der Waals surface area contributed by atoms with Gasteiger partial charge in [0.15, 0.2) is 5.13 Å². The lowest BCUT2D eigenvalue weighted by molar-refractivity contribution is -0.137. The Morgan fingerprint density at radius 1 is 1.40 bits per heavy atom. The smallest absolute Gasteiger partial charge is 0.312 e. The summed E-state index contributed by atoms with van der Waals surface area (Å²) < 4.78 is 38.5. The first kappa shape index (κ1) is 17.4. The van der Waals surface area contributed by atoms with Gasteiger partial charge in [-0.25, -0.2) is 4.98 Å². The number of hydrogen-bond acceptors (Lipinski definition) is 4. The van der Waals surface area contributed by atoms with Gasteiger partial charge in [-0.05, 0) is 25.1 Å². The number of aryl methyl sites for hydroxylation is 1. The van der Waals surface area contributed by atoms with Gasteiger partial charge in [-0.2, -0.15) is 13.2 Å². The molecule has 9 heteroatoms. The highest BCUT2D eigenvalue weighted by Crippen LogP contribution is 2.33. The predicted molar refractivity (Wildman–Crippen MR) is 87.4 cm³/mol. The monoisotopic (exact) mass is 369 g/mol. The molecule has 1 aliphatic rings. The summed E-state index contributed by atoms with van der Waals surface area (Å²) in [5.74, 6) is -1.38. The van der Waals surface area contributed by atoms with Crippen LogP contribution in [0.2, 0.25) is 0 Å². The second kappa shape index (κ2) is 6.47. The molecule has 0 bridgehead atoms. The molecule has 132 valence electrons. The molecule has 0 radical (unpaired) electrons. The highest BCUT2D eigenvalue weighted by atomic mass is 32.1. The summed E-state index contributed by atoms with van der Waals surface area (Å²) in [4.78, 5) is 30.6. The van der Waals surface area contributed by atoms with Crippen molar-refractivity contribution >= 4 is 34.0 Å². The standard InChI is InChI=1S/C16H14F3N3O2S/c1-9-7-20-15(25-9)21-14(24)10-5-13(23)22(8-10)12-4-2-3-11(6-12)16(17,18)19/h2-4,6-7,10H,5,8H2,1H3,(H,20,21,24)/t10-/m0/s1. The van der Waals surface area contributed by atoms with Gasteiger partial charge in [-0.3, -0.25) is 9.59 Å². The van der Waals surface area contributed by atoms with Crippen molar-refractivity contribution in [1.82, 2.24) is 4.98 Å². The number of hydrogen-bond donors (Lipinski definition) is 1. The lowest BCUT2D eigenvalue weighted by Gasteiger charge is -2.18. The van der Waals surface area contributed by atoms with E-state index in [0.29, 0.717) is 5.13 Å². The molecule has 0 saturated carbocycles. The minimum absolute atomic E-state index is 0.0380. The van der Waals surface area contributed by atoms with Crippen LogP contribution in [0.3, 0.4) is 0 Å². The van der Waals surface area contributed by atoms with Crippen LogP contribution in [-0.4, -0.2) is 23.3 Å². The summed E-state index contributed by atoms with van der Waals surface area (Å²) in [5.41, 5.74) is -0.691. The van der Waals surface area contributed by atoms with Crippen LogP contribution in [0, 0.1) is 12.8 Å². The fourth-order valence-electron chi connectivity index (χ4n) is 2.60. The maximum Gasteiger partial charge on any atom is 0.416 e. The first-order chi connectivity index (χ1) is 11.7. The molecule has 1 aromatic heterocycles. The number of aromatic nitrogens is 1. The van der Waals surface area contributed by atoms with Crippen LogP contribution in [0.1, 0.15) is 16.9 Å². The number of nitrogens with zero attached hydrogens (tertiary/aromatic N) is 2. The summed E-state index contributed by atoms with van der Waals surface area (Å²) in [5, 5.41) is 3.08. The summed E-state index contributed by atoms with van der Waals surface area (Å²) in [6.45, 7) is 1.89. The van der Waals surface area contributed by atoms with E-state index in [1.807, 2.05) is 6.92 Å². The van der Waals surface area contributed by atoms with Gasteiger partial charge >= 0.3 is 6.18 Å². The highest BCUT2D eigenvalue weighted by molar-refractivity contribution is 7.15. The van der Waals surface area contributed by atoms with Crippen molar-refractivity contribution in [1.29, 1.82) is 0 Å². The third-order valence-electron chi connectivity index (χ3n) is 3.83. The number of halogens is 3. The molecule has 1 saturated heterocycles. The van der Waals surface area contributed by atoms with Crippen molar-refractivity contribution in [2.75, 3.05) is 16.8 Å². The number of rotatable bonds is 3. The maximum atomic E-state index is 12.8. The zero-order chi connectivity index (χ0) is 18.2. The number of carbonyl (C=O) groups excluding carboxylic acids is 2. The summed E-state index contributed by atoms with van der Waals surface area (Å²) in [6.07, 6.45) is -2.92. The zero-order valence-corrected chi connectivity index (χ0v) is 13.9. The second-order valence-corrected chi connectivity index (χ2v) is 6.95. The molecule has 1 aliphatic heterocycles. The molecule has 0 unspecified atom stereocenters. The number of benzene rings is 1. The molecule has 2 aromatic rings. The number of carbonyl (C=O) groups is 2. The van der Waals surface area contributed by atoms with Gasteiger partial charge in [0.2, 0.25) is 11.8 Å². The van der Waals surface area contributed by atoms with Crippen molar-refractivity contribution in [3.63, 3.8) is 0 Å². The van der Waals surface area contributed by atoms with E-state index in [2.05, 4.69) is 10.3 Å². The van der Waals surface area contributed by atoms with E-state index < -0.39 is 17.7 Å². The largest absolute Gasteiger partial charge is 0.416 e. The normalized spacial score (nSPS) is 17.8. The molecular formula is C16H14F3N3O2S. The van der Waals surface area contributed by atoms with E-state index in [1.54, 1.807) is 6.20 Å². The van der Waals surface area contributed by atoms with Crippen LogP contribution in [0.4, 0.5) is 24.0 Å². The Bertz CT molecular complexity index is 819. The van der Waals surface area contributed by atoms with Gasteiger partial charge in [0.05, 0.1) is 11.5 Å². The van der Waals surface area contributed by atoms with E-state index in [4.69, 9.17) is 0 Å². The average Bonchev–Trinajstić information content (AvgIpc) is 3.12. The maximum absolute atomic E-state index is 12.8. The van der Waals surface area contributed by atoms with Gasteiger partial charge in [-0.15, -0.1) is 11.3 Å². The Balaban J connectivity index is 1.73. The van der Waals surface area contributed by atoms with Crippen molar-refractivity contribution in [3.8, 4) is 0 Å². The number of amides is 2. The van der Waals surface area contributed by atoms with E-state index in [-0.39, 0.29) is 30.5 Å². The average molecular weight is 369 g/mol. The molecule has 0 aliphatic carbocycles. The van der Waals surface area contributed by atoms with Crippen LogP contribution >= 0.6 is 11.3 Å². The Morgan fingerprint density at radius 2 is 2.16 bits per heavy atom. The lowest BCUT2D eigenvalue weighted by atomic mass is 10.1. The fraction of sp³-hybridized carbons (Fsp3) is 0.312. The topological polar surface area (TPSA) is 62.3 Å². The van der Waals surface area contributed by atoms with Gasteiger partial charge < -0.3 is 10.2 Å². The van der Waals surface area contributed by atoms with Gasteiger partial charge in [0.1, 0.15) is 0 Å². The third-order valence-corrected chi connectivity index (χ3v) is 4.66. The van der Waals surface area contributed by atoms with E-state index in [0.717, 1.165) is 17.0 Å². The van der Waals surface area contributed by atoms with Crippen molar-refractivity contribution < 1.29 is 22.8 Å². The molecule has 25 heavy (non-hydrogen) atoms. The van der Waals surface area contributed by atoms with E-state index in [1.165, 1.54) is 28.4 Å². The SMILES string of the molecule is Cc1cnc(NC(=O)[C@H]2CC(=O)N(c3cccc(C(F)(F)F)c3)C2)s1.